The highest BCUT2D eigenvalue weighted by Gasteiger charge is 2.06. The van der Waals surface area contributed by atoms with Gasteiger partial charge < -0.3 is 10.4 Å². The number of anilines is 1. The zero-order chi connectivity index (χ0) is 14.4. The summed E-state index contributed by atoms with van der Waals surface area (Å²) in [4.78, 5) is 13.1. The van der Waals surface area contributed by atoms with Crippen LogP contribution in [-0.4, -0.2) is 32.7 Å². The Morgan fingerprint density at radius 3 is 2.65 bits per heavy atom. The number of pyridine rings is 1. The SMILES string of the molecule is CCc1cc(NCC[C@@H](C)O)nc(-c2ccncc2)n1. The topological polar surface area (TPSA) is 70.9 Å². The third-order valence-corrected chi connectivity index (χ3v) is 2.95. The fourth-order valence-electron chi connectivity index (χ4n) is 1.81. The second-order valence-electron chi connectivity index (χ2n) is 4.72. The first-order valence-electron chi connectivity index (χ1n) is 6.89. The van der Waals surface area contributed by atoms with Gasteiger partial charge in [0.05, 0.1) is 6.10 Å². The van der Waals surface area contributed by atoms with E-state index in [1.807, 2.05) is 18.2 Å². The van der Waals surface area contributed by atoms with Gasteiger partial charge in [-0.3, -0.25) is 4.98 Å². The van der Waals surface area contributed by atoms with Crippen molar-refractivity contribution in [1.82, 2.24) is 15.0 Å². The van der Waals surface area contributed by atoms with Crippen molar-refractivity contribution in [2.45, 2.75) is 32.8 Å². The summed E-state index contributed by atoms with van der Waals surface area (Å²) in [6, 6.07) is 5.75. The van der Waals surface area contributed by atoms with Crippen molar-refractivity contribution in [2.75, 3.05) is 11.9 Å². The first kappa shape index (κ1) is 14.4. The third kappa shape index (κ3) is 3.99. The molecule has 0 fully saturated rings. The average molecular weight is 272 g/mol. The lowest BCUT2D eigenvalue weighted by Crippen LogP contribution is -2.11. The second-order valence-corrected chi connectivity index (χ2v) is 4.72. The molecule has 0 radical (unpaired) electrons. The fraction of sp³-hybridized carbons (Fsp3) is 0.400. The molecule has 0 unspecified atom stereocenters. The van der Waals surface area contributed by atoms with E-state index in [2.05, 4.69) is 27.2 Å². The van der Waals surface area contributed by atoms with Gasteiger partial charge in [-0.25, -0.2) is 9.97 Å². The van der Waals surface area contributed by atoms with E-state index in [1.165, 1.54) is 0 Å². The summed E-state index contributed by atoms with van der Waals surface area (Å²) in [5, 5.41) is 12.5. The zero-order valence-corrected chi connectivity index (χ0v) is 11.9. The van der Waals surface area contributed by atoms with Crippen molar-refractivity contribution < 1.29 is 5.11 Å². The molecular formula is C15H20N4O. The molecule has 0 aliphatic carbocycles. The number of aromatic nitrogens is 3. The van der Waals surface area contributed by atoms with Gasteiger partial charge in [-0.1, -0.05) is 6.92 Å². The Morgan fingerprint density at radius 1 is 1.25 bits per heavy atom. The summed E-state index contributed by atoms with van der Waals surface area (Å²) in [7, 11) is 0. The van der Waals surface area contributed by atoms with Crippen molar-refractivity contribution in [2.24, 2.45) is 0 Å². The molecule has 2 N–H and O–H groups in total. The standard InChI is InChI=1S/C15H20N4O/c1-3-13-10-14(17-9-4-11(2)20)19-15(18-13)12-5-7-16-8-6-12/h5-8,10-11,20H,3-4,9H2,1-2H3,(H,17,18,19)/t11-/m1/s1. The minimum atomic E-state index is -0.311. The largest absolute Gasteiger partial charge is 0.393 e. The molecule has 0 bridgehead atoms. The molecule has 5 heteroatoms. The van der Waals surface area contributed by atoms with Gasteiger partial charge in [0.25, 0.3) is 0 Å². The molecule has 106 valence electrons. The molecule has 2 rings (SSSR count). The summed E-state index contributed by atoms with van der Waals surface area (Å²) < 4.78 is 0. The first-order chi connectivity index (χ1) is 9.69. The van der Waals surface area contributed by atoms with Crippen LogP contribution in [0.4, 0.5) is 5.82 Å². The van der Waals surface area contributed by atoms with E-state index in [4.69, 9.17) is 0 Å². The summed E-state index contributed by atoms with van der Waals surface area (Å²) in [5.74, 6) is 1.50. The number of rotatable bonds is 6. The predicted octanol–water partition coefficient (Wildman–Crippen LogP) is 2.28. The molecule has 0 aromatic carbocycles. The Labute approximate surface area is 119 Å². The van der Waals surface area contributed by atoms with Crippen molar-refractivity contribution >= 4 is 5.82 Å². The summed E-state index contributed by atoms with van der Waals surface area (Å²) >= 11 is 0. The molecule has 2 aromatic rings. The molecule has 0 aliphatic heterocycles. The minimum absolute atomic E-state index is 0.311. The van der Waals surface area contributed by atoms with Crippen molar-refractivity contribution in [3.8, 4) is 11.4 Å². The van der Waals surface area contributed by atoms with Crippen molar-refractivity contribution in [3.05, 3.63) is 36.3 Å². The number of aliphatic hydroxyl groups is 1. The van der Waals surface area contributed by atoms with Gasteiger partial charge in [-0.15, -0.1) is 0 Å². The minimum Gasteiger partial charge on any atom is -0.393 e. The fourth-order valence-corrected chi connectivity index (χ4v) is 1.81. The monoisotopic (exact) mass is 272 g/mol. The van der Waals surface area contributed by atoms with Crippen molar-refractivity contribution in [1.29, 1.82) is 0 Å². The van der Waals surface area contributed by atoms with Gasteiger partial charge in [-0.05, 0) is 31.9 Å². The summed E-state index contributed by atoms with van der Waals surface area (Å²) in [5.41, 5.74) is 1.94. The predicted molar refractivity (Wildman–Crippen MR) is 79.4 cm³/mol. The average Bonchev–Trinajstić information content (AvgIpc) is 2.47. The van der Waals surface area contributed by atoms with Gasteiger partial charge >= 0.3 is 0 Å². The molecule has 0 amide bonds. The maximum absolute atomic E-state index is 9.28. The van der Waals surface area contributed by atoms with E-state index in [0.717, 1.165) is 23.5 Å². The van der Waals surface area contributed by atoms with E-state index in [-0.39, 0.29) is 6.10 Å². The lowest BCUT2D eigenvalue weighted by molar-refractivity contribution is 0.188. The number of aliphatic hydroxyl groups excluding tert-OH is 1. The number of nitrogens with one attached hydrogen (secondary N) is 1. The molecule has 0 spiro atoms. The first-order valence-corrected chi connectivity index (χ1v) is 6.89. The van der Waals surface area contributed by atoms with Gasteiger partial charge in [0.2, 0.25) is 0 Å². The smallest absolute Gasteiger partial charge is 0.161 e. The number of nitrogens with zero attached hydrogens (tertiary/aromatic N) is 3. The number of hydrogen-bond acceptors (Lipinski definition) is 5. The Hall–Kier alpha value is -2.01. The molecule has 2 heterocycles. The molecular weight excluding hydrogens is 252 g/mol. The van der Waals surface area contributed by atoms with Crippen LogP contribution >= 0.6 is 0 Å². The lowest BCUT2D eigenvalue weighted by Gasteiger charge is -2.10. The lowest BCUT2D eigenvalue weighted by atomic mass is 10.2. The third-order valence-electron chi connectivity index (χ3n) is 2.95. The van der Waals surface area contributed by atoms with Crippen LogP contribution in [0.15, 0.2) is 30.6 Å². The Morgan fingerprint density at radius 2 is 2.00 bits per heavy atom. The highest BCUT2D eigenvalue weighted by molar-refractivity contribution is 5.56. The second kappa shape index (κ2) is 6.96. The number of aryl methyl sites for hydroxylation is 1. The molecule has 0 aliphatic rings. The Kier molecular flexibility index (Phi) is 5.01. The van der Waals surface area contributed by atoms with Gasteiger partial charge in [0.1, 0.15) is 5.82 Å². The van der Waals surface area contributed by atoms with E-state index < -0.39 is 0 Å². The van der Waals surface area contributed by atoms with Gasteiger partial charge in [0.15, 0.2) is 5.82 Å². The quantitative estimate of drug-likeness (QED) is 0.844. The maximum Gasteiger partial charge on any atom is 0.161 e. The van der Waals surface area contributed by atoms with E-state index in [1.54, 1.807) is 19.3 Å². The zero-order valence-electron chi connectivity index (χ0n) is 11.9. The van der Waals surface area contributed by atoms with Crippen LogP contribution in [-0.2, 0) is 6.42 Å². The summed E-state index contributed by atoms with van der Waals surface area (Å²) in [6.45, 7) is 4.54. The van der Waals surface area contributed by atoms with E-state index in [0.29, 0.717) is 18.8 Å². The molecule has 0 saturated carbocycles. The Bertz CT molecular complexity index is 543. The van der Waals surface area contributed by atoms with Crippen LogP contribution in [0.3, 0.4) is 0 Å². The van der Waals surface area contributed by atoms with E-state index in [9.17, 15) is 5.11 Å². The van der Waals surface area contributed by atoms with Crippen molar-refractivity contribution in [3.63, 3.8) is 0 Å². The van der Waals surface area contributed by atoms with Gasteiger partial charge in [-0.2, -0.15) is 0 Å². The van der Waals surface area contributed by atoms with E-state index >= 15 is 0 Å². The molecule has 0 saturated heterocycles. The van der Waals surface area contributed by atoms with Crippen LogP contribution in [0.25, 0.3) is 11.4 Å². The summed E-state index contributed by atoms with van der Waals surface area (Å²) in [6.07, 6.45) is 4.70. The van der Waals surface area contributed by atoms with Crippen LogP contribution in [0, 0.1) is 0 Å². The van der Waals surface area contributed by atoms with Crippen LogP contribution in [0.2, 0.25) is 0 Å². The van der Waals surface area contributed by atoms with Crippen LogP contribution < -0.4 is 5.32 Å². The molecule has 1 atom stereocenters. The number of hydrogen-bond donors (Lipinski definition) is 2. The highest BCUT2D eigenvalue weighted by atomic mass is 16.3. The van der Waals surface area contributed by atoms with Crippen LogP contribution in [0.5, 0.6) is 0 Å². The normalized spacial score (nSPS) is 12.2. The maximum atomic E-state index is 9.28. The van der Waals surface area contributed by atoms with Crippen LogP contribution in [0.1, 0.15) is 26.0 Å². The molecule has 5 nitrogen and oxygen atoms in total. The van der Waals surface area contributed by atoms with Gasteiger partial charge in [0, 0.05) is 36.3 Å². The Balaban J connectivity index is 2.20. The molecule has 2 aromatic heterocycles. The highest BCUT2D eigenvalue weighted by Crippen LogP contribution is 2.17. The molecule has 20 heavy (non-hydrogen) atoms.